The van der Waals surface area contributed by atoms with Crippen LogP contribution in [0.4, 0.5) is 0 Å². The molecule has 4 aliphatic rings. The van der Waals surface area contributed by atoms with E-state index in [0.29, 0.717) is 24.4 Å². The van der Waals surface area contributed by atoms with Crippen molar-refractivity contribution in [3.8, 4) is 0 Å². The van der Waals surface area contributed by atoms with Crippen LogP contribution in [0.1, 0.15) is 46.5 Å². The Hall–Kier alpha value is -0.870. The molecule has 4 aliphatic carbocycles. The maximum atomic E-state index is 11.2. The van der Waals surface area contributed by atoms with Crippen LogP contribution in [0.3, 0.4) is 0 Å². The Morgan fingerprint density at radius 2 is 2.09 bits per heavy atom. The molecule has 128 valence electrons. The van der Waals surface area contributed by atoms with Gasteiger partial charge in [-0.25, -0.2) is 0 Å². The van der Waals surface area contributed by atoms with Crippen LogP contribution in [0.15, 0.2) is 11.6 Å². The van der Waals surface area contributed by atoms with Gasteiger partial charge in [0.05, 0.1) is 6.10 Å². The Labute approximate surface area is 138 Å². The van der Waals surface area contributed by atoms with Crippen LogP contribution in [0.25, 0.3) is 0 Å². The lowest BCUT2D eigenvalue weighted by Gasteiger charge is -2.32. The lowest BCUT2D eigenvalue weighted by molar-refractivity contribution is -0.164. The molecule has 0 aromatic carbocycles. The molecule has 23 heavy (non-hydrogen) atoms. The number of hydrogen-bond donors (Lipinski definition) is 0. The van der Waals surface area contributed by atoms with Crippen molar-refractivity contribution < 1.29 is 19.0 Å². The van der Waals surface area contributed by atoms with Gasteiger partial charge in [-0.05, 0) is 68.8 Å². The van der Waals surface area contributed by atoms with Gasteiger partial charge in [0.15, 0.2) is 6.29 Å². The zero-order valence-electron chi connectivity index (χ0n) is 14.4. The second kappa shape index (κ2) is 5.89. The molecule has 0 saturated heterocycles. The monoisotopic (exact) mass is 320 g/mol. The van der Waals surface area contributed by atoms with Crippen LogP contribution in [0, 0.1) is 29.6 Å². The summed E-state index contributed by atoms with van der Waals surface area (Å²) >= 11 is 0. The number of rotatable bonds is 6. The third-order valence-corrected chi connectivity index (χ3v) is 6.33. The Morgan fingerprint density at radius 3 is 2.83 bits per heavy atom. The van der Waals surface area contributed by atoms with Gasteiger partial charge in [0.25, 0.3) is 0 Å². The van der Waals surface area contributed by atoms with E-state index in [0.717, 1.165) is 18.3 Å². The van der Waals surface area contributed by atoms with Gasteiger partial charge in [0, 0.05) is 19.4 Å². The third-order valence-electron chi connectivity index (χ3n) is 6.33. The molecule has 4 heteroatoms. The molecule has 0 aromatic rings. The standard InChI is InChI=1S/C19H28O4/c1-4-21-11(3)23-19-16(15-9-17(15)22-10(2)20)8-14-12-5-6-13(7-12)18(14)19/h8,11-15,17-19H,4-7,9H2,1-3H3/t11?,12-,13+,14+,15+,17-,18-,19+/m1/s1. The zero-order valence-corrected chi connectivity index (χ0v) is 14.4. The highest BCUT2D eigenvalue weighted by Gasteiger charge is 2.58. The van der Waals surface area contributed by atoms with Gasteiger partial charge < -0.3 is 14.2 Å². The molecule has 0 amide bonds. The summed E-state index contributed by atoms with van der Waals surface area (Å²) in [6.45, 7) is 6.17. The molecule has 0 heterocycles. The second-order valence-corrected chi connectivity index (χ2v) is 7.72. The topological polar surface area (TPSA) is 44.8 Å². The molecule has 0 aliphatic heterocycles. The molecule has 0 spiro atoms. The second-order valence-electron chi connectivity index (χ2n) is 7.72. The smallest absolute Gasteiger partial charge is 0.302 e. The first-order valence-electron chi connectivity index (χ1n) is 9.24. The molecule has 4 nitrogen and oxygen atoms in total. The number of hydrogen-bond acceptors (Lipinski definition) is 4. The Bertz CT molecular complexity index is 513. The summed E-state index contributed by atoms with van der Waals surface area (Å²) in [6, 6.07) is 0. The maximum Gasteiger partial charge on any atom is 0.302 e. The largest absolute Gasteiger partial charge is 0.462 e. The van der Waals surface area contributed by atoms with Crippen molar-refractivity contribution in [2.45, 2.75) is 65.0 Å². The van der Waals surface area contributed by atoms with Crippen molar-refractivity contribution in [3.63, 3.8) is 0 Å². The first-order valence-corrected chi connectivity index (χ1v) is 9.24. The van der Waals surface area contributed by atoms with Crippen molar-refractivity contribution in [1.29, 1.82) is 0 Å². The lowest BCUT2D eigenvalue weighted by atomic mass is 9.80. The summed E-state index contributed by atoms with van der Waals surface area (Å²) in [7, 11) is 0. The van der Waals surface area contributed by atoms with Gasteiger partial charge in [-0.3, -0.25) is 4.79 Å². The highest BCUT2D eigenvalue weighted by molar-refractivity contribution is 5.66. The van der Waals surface area contributed by atoms with Crippen LogP contribution in [0.5, 0.6) is 0 Å². The van der Waals surface area contributed by atoms with Crippen molar-refractivity contribution in [2.24, 2.45) is 29.6 Å². The van der Waals surface area contributed by atoms with Gasteiger partial charge in [-0.15, -0.1) is 0 Å². The van der Waals surface area contributed by atoms with Crippen molar-refractivity contribution in [1.82, 2.24) is 0 Å². The molecule has 3 saturated carbocycles. The van der Waals surface area contributed by atoms with Crippen molar-refractivity contribution in [2.75, 3.05) is 6.61 Å². The van der Waals surface area contributed by atoms with Crippen LogP contribution in [-0.4, -0.2) is 31.1 Å². The zero-order chi connectivity index (χ0) is 16.1. The van der Waals surface area contributed by atoms with Crippen molar-refractivity contribution >= 4 is 5.97 Å². The van der Waals surface area contributed by atoms with E-state index < -0.39 is 0 Å². The molecule has 4 rings (SSSR count). The van der Waals surface area contributed by atoms with Gasteiger partial charge in [0.1, 0.15) is 6.10 Å². The quantitative estimate of drug-likeness (QED) is 0.428. The fraction of sp³-hybridized carbons (Fsp3) is 0.842. The van der Waals surface area contributed by atoms with Crippen LogP contribution >= 0.6 is 0 Å². The minimum Gasteiger partial charge on any atom is -0.462 e. The number of fused-ring (bicyclic) bond motifs is 5. The van der Waals surface area contributed by atoms with E-state index in [4.69, 9.17) is 14.2 Å². The number of allylic oxidation sites excluding steroid dienone is 1. The Kier molecular flexibility index (Phi) is 4.01. The van der Waals surface area contributed by atoms with Crippen molar-refractivity contribution in [3.05, 3.63) is 11.6 Å². The molecule has 8 atom stereocenters. The highest BCUT2D eigenvalue weighted by Crippen LogP contribution is 2.61. The summed E-state index contributed by atoms with van der Waals surface area (Å²) in [6.07, 6.45) is 7.63. The molecular formula is C19H28O4. The summed E-state index contributed by atoms with van der Waals surface area (Å²) in [5.41, 5.74) is 1.40. The molecule has 0 radical (unpaired) electrons. The third kappa shape index (κ3) is 2.74. The Morgan fingerprint density at radius 1 is 1.30 bits per heavy atom. The molecular weight excluding hydrogens is 292 g/mol. The van der Waals surface area contributed by atoms with E-state index >= 15 is 0 Å². The van der Waals surface area contributed by atoms with Gasteiger partial charge in [-0.2, -0.15) is 0 Å². The number of carbonyl (C=O) groups excluding carboxylic acids is 1. The van der Waals surface area contributed by atoms with Crippen LogP contribution in [-0.2, 0) is 19.0 Å². The van der Waals surface area contributed by atoms with E-state index in [1.165, 1.54) is 31.8 Å². The average Bonchev–Trinajstić information content (AvgIpc) is 2.89. The van der Waals surface area contributed by atoms with Gasteiger partial charge >= 0.3 is 5.97 Å². The summed E-state index contributed by atoms with van der Waals surface area (Å²) in [4.78, 5) is 11.2. The fourth-order valence-electron chi connectivity index (χ4n) is 5.47. The highest BCUT2D eigenvalue weighted by atomic mass is 16.7. The molecule has 1 unspecified atom stereocenters. The maximum absolute atomic E-state index is 11.2. The van der Waals surface area contributed by atoms with Gasteiger partial charge in [0.2, 0.25) is 0 Å². The summed E-state index contributed by atoms with van der Waals surface area (Å²) < 4.78 is 17.4. The van der Waals surface area contributed by atoms with E-state index in [1.807, 2.05) is 13.8 Å². The number of esters is 1. The van der Waals surface area contributed by atoms with Crippen LogP contribution < -0.4 is 0 Å². The minimum absolute atomic E-state index is 0.0729. The predicted molar refractivity (Wildman–Crippen MR) is 85.5 cm³/mol. The van der Waals surface area contributed by atoms with Crippen LogP contribution in [0.2, 0.25) is 0 Å². The lowest BCUT2D eigenvalue weighted by Crippen LogP contribution is -2.34. The normalized spacial score (nSPS) is 44.8. The number of carbonyl (C=O) groups is 1. The molecule has 2 bridgehead atoms. The summed E-state index contributed by atoms with van der Waals surface area (Å²) in [5, 5.41) is 0. The van der Waals surface area contributed by atoms with E-state index in [1.54, 1.807) is 0 Å². The average molecular weight is 320 g/mol. The molecule has 0 N–H and O–H groups in total. The molecule has 3 fully saturated rings. The molecule has 0 aromatic heterocycles. The Balaban J connectivity index is 1.51. The fourth-order valence-corrected chi connectivity index (χ4v) is 5.47. The van der Waals surface area contributed by atoms with E-state index in [9.17, 15) is 4.79 Å². The van der Waals surface area contributed by atoms with E-state index in [-0.39, 0.29) is 24.5 Å². The minimum atomic E-state index is -0.170. The summed E-state index contributed by atoms with van der Waals surface area (Å²) in [5.74, 6) is 3.18. The van der Waals surface area contributed by atoms with E-state index in [2.05, 4.69) is 6.08 Å². The number of ether oxygens (including phenoxy) is 3. The predicted octanol–water partition coefficient (Wildman–Crippen LogP) is 3.31. The first-order chi connectivity index (χ1) is 11.1. The first kappa shape index (κ1) is 15.6. The van der Waals surface area contributed by atoms with Gasteiger partial charge in [-0.1, -0.05) is 6.08 Å². The SMILES string of the molecule is CCOC(C)O[C@H]1C([C@@H]2C[C@H]2OC(C)=O)=C[C@H]2[C@@H]3CC[C@@H](C3)[C@H]21.